The fourth-order valence-electron chi connectivity index (χ4n) is 11.1. The van der Waals surface area contributed by atoms with Gasteiger partial charge in [0.2, 0.25) is 11.8 Å². The summed E-state index contributed by atoms with van der Waals surface area (Å²) < 4.78 is 18.4. The van der Waals surface area contributed by atoms with E-state index in [2.05, 4.69) is 119 Å². The van der Waals surface area contributed by atoms with Crippen LogP contribution in [0.3, 0.4) is 0 Å². The molecule has 74 heavy (non-hydrogen) atoms. The average molecular weight is 1010 g/mol. The minimum Gasteiger partial charge on any atom is -0.465 e. The summed E-state index contributed by atoms with van der Waals surface area (Å²) >= 11 is 0. The number of carbonyl (C=O) groups excluding carboxylic acids is 3. The zero-order valence-corrected chi connectivity index (χ0v) is 44.6. The van der Waals surface area contributed by atoms with E-state index < -0.39 is 24.3 Å². The minimum absolute atomic E-state index is 0.0442. The van der Waals surface area contributed by atoms with Crippen LogP contribution in [0, 0.1) is 11.8 Å². The third kappa shape index (κ3) is 11.2. The van der Waals surface area contributed by atoms with Gasteiger partial charge >= 0.3 is 12.2 Å². The lowest BCUT2D eigenvalue weighted by Gasteiger charge is -2.34. The molecule has 8 atom stereocenters. The Bertz CT molecular complexity index is 2710. The number of likely N-dealkylation sites (tertiary alicyclic amines) is 2. The number of aromatic amines is 2. The van der Waals surface area contributed by atoms with Crippen LogP contribution in [0.15, 0.2) is 85.2 Å². The Kier molecular flexibility index (Phi) is 16.5. The number of aromatic nitrogens is 4. The van der Waals surface area contributed by atoms with Gasteiger partial charge in [-0.1, -0.05) is 109 Å². The van der Waals surface area contributed by atoms with Crippen LogP contribution in [-0.4, -0.2) is 117 Å². The van der Waals surface area contributed by atoms with Gasteiger partial charge in [-0.05, 0) is 85.6 Å². The third-order valence-corrected chi connectivity index (χ3v) is 14.9. The third-order valence-electron chi connectivity index (χ3n) is 14.9. The van der Waals surface area contributed by atoms with Crippen LogP contribution in [0.2, 0.25) is 0 Å². The van der Waals surface area contributed by atoms with Crippen LogP contribution in [0.4, 0.5) is 15.3 Å². The summed E-state index contributed by atoms with van der Waals surface area (Å²) in [5, 5.41) is 14.6. The SMILES string of the molecule is CCO[C@H]1[C@H](OCC)[C@H](c2ccc(-c3c[nH]c([C@@H]4CCCN4C(=O)[C@@H](NC(=O)OC)C(C)C)n3)cc2)N(c2ccc(C(C)(C)C)cc2)[C@H]1c1ccc(-c2c[nH]c([C@@H]3CCCN3C(=O)[C@@H](NC(=O)O)C(C)C)n2)cc1. The fourth-order valence-corrected chi connectivity index (χ4v) is 11.1. The van der Waals surface area contributed by atoms with Gasteiger partial charge in [0.25, 0.3) is 0 Å². The number of ether oxygens (including phenoxy) is 3. The number of nitrogens with zero attached hydrogens (tertiary/aromatic N) is 5. The summed E-state index contributed by atoms with van der Waals surface area (Å²) in [6.45, 7) is 20.2. The van der Waals surface area contributed by atoms with Gasteiger partial charge in [0.15, 0.2) is 0 Å². The molecule has 8 rings (SSSR count). The van der Waals surface area contributed by atoms with E-state index in [9.17, 15) is 24.3 Å². The van der Waals surface area contributed by atoms with Gasteiger partial charge in [-0.25, -0.2) is 19.6 Å². The number of imidazole rings is 2. The number of carbonyl (C=O) groups is 4. The Hall–Kier alpha value is -6.72. The summed E-state index contributed by atoms with van der Waals surface area (Å²) in [6.07, 6.45) is 4.29. The normalized spacial score (nSPS) is 21.9. The number of methoxy groups -OCH3 is 1. The molecular weight excluding hydrogens is 939 g/mol. The van der Waals surface area contributed by atoms with E-state index in [4.69, 9.17) is 24.2 Å². The van der Waals surface area contributed by atoms with Gasteiger partial charge in [-0.2, -0.15) is 0 Å². The van der Waals surface area contributed by atoms with Crippen molar-refractivity contribution in [3.05, 3.63) is 114 Å². The molecule has 0 radical (unpaired) electrons. The zero-order valence-electron chi connectivity index (χ0n) is 44.6. The number of H-pyrrole nitrogens is 2. The Morgan fingerprint density at radius 3 is 1.49 bits per heavy atom. The highest BCUT2D eigenvalue weighted by molar-refractivity contribution is 5.87. The van der Waals surface area contributed by atoms with Gasteiger partial charge in [0.1, 0.15) is 35.9 Å². The number of benzene rings is 3. The van der Waals surface area contributed by atoms with Crippen molar-refractivity contribution in [2.45, 2.75) is 142 Å². The molecule has 3 aromatic carbocycles. The van der Waals surface area contributed by atoms with Crippen molar-refractivity contribution in [3.63, 3.8) is 0 Å². The molecule has 17 heteroatoms. The van der Waals surface area contributed by atoms with Crippen LogP contribution < -0.4 is 15.5 Å². The van der Waals surface area contributed by atoms with Gasteiger partial charge in [0, 0.05) is 55.5 Å². The second kappa shape index (κ2) is 22.8. The average Bonchev–Trinajstić information content (AvgIpc) is 4.25. The monoisotopic (exact) mass is 1010 g/mol. The molecule has 396 valence electrons. The van der Waals surface area contributed by atoms with E-state index in [1.54, 1.807) is 4.90 Å². The first kappa shape index (κ1) is 53.6. The number of nitrogens with one attached hydrogen (secondary N) is 4. The van der Waals surface area contributed by atoms with Crippen LogP contribution >= 0.6 is 0 Å². The van der Waals surface area contributed by atoms with Crippen LogP contribution in [0.25, 0.3) is 22.5 Å². The van der Waals surface area contributed by atoms with E-state index in [1.165, 1.54) is 12.7 Å². The molecule has 5 aromatic rings. The van der Waals surface area contributed by atoms with Crippen molar-refractivity contribution in [3.8, 4) is 22.5 Å². The van der Waals surface area contributed by atoms with E-state index >= 15 is 0 Å². The lowest BCUT2D eigenvalue weighted by molar-refractivity contribution is -0.136. The van der Waals surface area contributed by atoms with Crippen molar-refractivity contribution >= 4 is 29.7 Å². The number of alkyl carbamates (subject to hydrolysis) is 1. The van der Waals surface area contributed by atoms with E-state index in [0.29, 0.717) is 38.0 Å². The number of carboxylic acid groups (broad SMARTS) is 1. The second-order valence-corrected chi connectivity index (χ2v) is 21.4. The zero-order chi connectivity index (χ0) is 53.0. The van der Waals surface area contributed by atoms with Crippen LogP contribution in [0.5, 0.6) is 0 Å². The molecule has 3 aliphatic heterocycles. The van der Waals surface area contributed by atoms with E-state index in [1.807, 2.05) is 58.8 Å². The highest BCUT2D eigenvalue weighted by Crippen LogP contribution is 2.50. The molecule has 17 nitrogen and oxygen atoms in total. The minimum atomic E-state index is -1.22. The van der Waals surface area contributed by atoms with Crippen LogP contribution in [-0.2, 0) is 29.2 Å². The molecule has 0 spiro atoms. The molecule has 3 aliphatic rings. The maximum absolute atomic E-state index is 13.9. The lowest BCUT2D eigenvalue weighted by atomic mass is 9.87. The van der Waals surface area contributed by atoms with Crippen molar-refractivity contribution < 1.29 is 38.5 Å². The first-order valence-electron chi connectivity index (χ1n) is 26.3. The summed E-state index contributed by atoms with van der Waals surface area (Å²) in [4.78, 5) is 74.1. The first-order valence-corrected chi connectivity index (χ1v) is 26.3. The van der Waals surface area contributed by atoms with Gasteiger partial charge in [-0.15, -0.1) is 0 Å². The summed E-state index contributed by atoms with van der Waals surface area (Å²) in [6, 6.07) is 23.2. The number of hydrogen-bond donors (Lipinski definition) is 5. The number of anilines is 1. The molecule has 0 bridgehead atoms. The Balaban J connectivity index is 1.10. The highest BCUT2D eigenvalue weighted by atomic mass is 16.5. The summed E-state index contributed by atoms with van der Waals surface area (Å²) in [5.41, 5.74) is 7.66. The predicted molar refractivity (Wildman–Crippen MR) is 283 cm³/mol. The predicted octanol–water partition coefficient (Wildman–Crippen LogP) is 9.88. The summed E-state index contributed by atoms with van der Waals surface area (Å²) in [5.74, 6) is 0.623. The maximum atomic E-state index is 13.9. The standard InChI is InChI=1S/C57H75N9O8/c1-11-73-49-47(37-21-17-35(18-22-37)41-31-58-51(60-41)43-15-13-29-64(43)53(67)45(33(3)4)62-55(69)70)66(40-27-25-39(26-28-40)57(7,8)9)48(50(49)74-12-2)38-23-19-36(20-24-38)42-32-59-52(61-42)44-16-14-30-65(44)54(68)46(34(5)6)63-56(71)72-10/h17-28,31-34,43-50,62H,11-16,29-30H2,1-10H3,(H,58,60)(H,59,61)(H,63,71)(H,69,70)/t43-,44-,45-,46-,47-,48-,49+,50+/m0/s1. The lowest BCUT2D eigenvalue weighted by Crippen LogP contribution is -2.51. The molecule has 0 unspecified atom stereocenters. The van der Waals surface area contributed by atoms with Gasteiger partial charge < -0.3 is 54.6 Å². The quantitative estimate of drug-likeness (QED) is 0.0592. The Morgan fingerprint density at radius 2 is 1.11 bits per heavy atom. The number of hydrogen-bond acceptors (Lipinski definition) is 10. The van der Waals surface area contributed by atoms with Gasteiger partial charge in [-0.3, -0.25) is 9.59 Å². The van der Waals surface area contributed by atoms with E-state index in [-0.39, 0.29) is 65.4 Å². The molecule has 0 aliphatic carbocycles. The van der Waals surface area contributed by atoms with Crippen molar-refractivity contribution in [1.82, 2.24) is 40.4 Å². The maximum Gasteiger partial charge on any atom is 0.407 e. The molecule has 2 aromatic heterocycles. The largest absolute Gasteiger partial charge is 0.465 e. The molecule has 5 heterocycles. The Labute approximate surface area is 435 Å². The van der Waals surface area contributed by atoms with Crippen molar-refractivity contribution in [2.75, 3.05) is 38.3 Å². The fraction of sp³-hybridized carbons (Fsp3) is 0.509. The topological polar surface area (TPSA) is 207 Å². The molecule has 3 fully saturated rings. The Morgan fingerprint density at radius 1 is 0.676 bits per heavy atom. The van der Waals surface area contributed by atoms with Crippen molar-refractivity contribution in [1.29, 1.82) is 0 Å². The number of rotatable bonds is 17. The highest BCUT2D eigenvalue weighted by Gasteiger charge is 2.52. The smallest absolute Gasteiger partial charge is 0.407 e. The summed E-state index contributed by atoms with van der Waals surface area (Å²) in [7, 11) is 1.29. The molecular formula is C57H75N9O8. The molecule has 4 amide bonds. The number of amides is 4. The van der Waals surface area contributed by atoms with Crippen LogP contribution in [0.1, 0.15) is 141 Å². The second-order valence-electron chi connectivity index (χ2n) is 21.4. The molecule has 3 saturated heterocycles. The van der Waals surface area contributed by atoms with Crippen molar-refractivity contribution in [2.24, 2.45) is 11.8 Å². The molecule has 0 saturated carbocycles. The van der Waals surface area contributed by atoms with Gasteiger partial charge in [0.05, 0.1) is 42.7 Å². The molecule has 5 N–H and O–H groups in total. The van der Waals surface area contributed by atoms with E-state index in [0.717, 1.165) is 65.0 Å². The first-order chi connectivity index (χ1) is 35.4.